The summed E-state index contributed by atoms with van der Waals surface area (Å²) in [5, 5.41) is 0.249. The normalized spacial score (nSPS) is 15.1. The minimum atomic E-state index is -0.563. The van der Waals surface area contributed by atoms with E-state index in [1.807, 2.05) is 0 Å². The van der Waals surface area contributed by atoms with Gasteiger partial charge >= 0.3 is 0 Å². The third-order valence-electron chi connectivity index (χ3n) is 1.81. The van der Waals surface area contributed by atoms with Gasteiger partial charge < -0.3 is 0 Å². The van der Waals surface area contributed by atoms with Crippen LogP contribution in [0.25, 0.3) is 0 Å². The summed E-state index contributed by atoms with van der Waals surface area (Å²) < 4.78 is 0.538. The van der Waals surface area contributed by atoms with E-state index >= 15 is 0 Å². The summed E-state index contributed by atoms with van der Waals surface area (Å²) in [4.78, 5) is 22.6. The van der Waals surface area contributed by atoms with E-state index in [0.717, 1.165) is 0 Å². The summed E-state index contributed by atoms with van der Waals surface area (Å²) in [6.07, 6.45) is 0. The summed E-state index contributed by atoms with van der Waals surface area (Å²) in [6.45, 7) is 0. The molecule has 1 heterocycles. The van der Waals surface area contributed by atoms with Crippen LogP contribution in [-0.4, -0.2) is 16.2 Å². The molecule has 1 aromatic rings. The van der Waals surface area contributed by atoms with E-state index in [2.05, 4.69) is 0 Å². The lowest BCUT2D eigenvalue weighted by Crippen LogP contribution is -2.18. The lowest BCUT2D eigenvalue weighted by molar-refractivity contribution is 0.0767. The van der Waals surface area contributed by atoms with Crippen molar-refractivity contribution >= 4 is 35.2 Å². The number of carbonyl (C=O) groups is 2. The van der Waals surface area contributed by atoms with Gasteiger partial charge in [0.05, 0.1) is 16.1 Å². The van der Waals surface area contributed by atoms with Crippen LogP contribution in [0, 0.1) is 0 Å². The van der Waals surface area contributed by atoms with Crippen LogP contribution < -0.4 is 0 Å². The fraction of sp³-hybridized carbons (Fsp3) is 0. The summed E-state index contributed by atoms with van der Waals surface area (Å²) >= 11 is 11.2. The van der Waals surface area contributed by atoms with Gasteiger partial charge in [-0.2, -0.15) is 4.42 Å². The molecule has 0 fully saturated rings. The van der Waals surface area contributed by atoms with E-state index < -0.39 is 11.8 Å². The molecule has 0 bridgehead atoms. The maximum atomic E-state index is 11.3. The van der Waals surface area contributed by atoms with Gasteiger partial charge in [0.1, 0.15) is 0 Å². The predicted octanol–water partition coefficient (Wildman–Crippen LogP) is 2.09. The van der Waals surface area contributed by atoms with Gasteiger partial charge in [0.25, 0.3) is 11.8 Å². The molecule has 1 aromatic carbocycles. The highest BCUT2D eigenvalue weighted by atomic mass is 35.5. The molecule has 0 N–H and O–H groups in total. The molecule has 2 rings (SSSR count). The van der Waals surface area contributed by atoms with Crippen LogP contribution in [0.1, 0.15) is 20.7 Å². The molecule has 0 spiro atoms. The molecule has 13 heavy (non-hydrogen) atoms. The Morgan fingerprint density at radius 2 is 1.85 bits per heavy atom. The smallest absolute Gasteiger partial charge is 0.267 e. The van der Waals surface area contributed by atoms with E-state index in [9.17, 15) is 9.59 Å². The molecular weight excluding hydrogens is 213 g/mol. The van der Waals surface area contributed by atoms with Crippen LogP contribution >= 0.6 is 23.4 Å². The first-order chi connectivity index (χ1) is 6.13. The number of carbonyl (C=O) groups excluding carboxylic acids is 2. The molecule has 0 aromatic heterocycles. The Labute approximate surface area is 84.0 Å². The second-order valence-corrected chi connectivity index (χ2v) is 3.30. The van der Waals surface area contributed by atoms with E-state index in [0.29, 0.717) is 4.42 Å². The van der Waals surface area contributed by atoms with E-state index in [1.165, 1.54) is 6.07 Å². The molecule has 5 heteroatoms. The number of hydrogen-bond acceptors (Lipinski definition) is 2. The molecule has 1 aliphatic heterocycles. The van der Waals surface area contributed by atoms with Gasteiger partial charge in [0.2, 0.25) is 0 Å². The van der Waals surface area contributed by atoms with Crippen molar-refractivity contribution in [3.05, 3.63) is 34.3 Å². The van der Waals surface area contributed by atoms with Gasteiger partial charge in [-0.05, 0) is 12.1 Å². The molecule has 66 valence electrons. The minimum absolute atomic E-state index is 0.184. The number of nitrogens with zero attached hydrogens (tertiary/aromatic N) is 1. The van der Waals surface area contributed by atoms with Crippen LogP contribution in [0.15, 0.2) is 18.2 Å². The van der Waals surface area contributed by atoms with Crippen molar-refractivity contribution in [1.82, 2.24) is 4.42 Å². The van der Waals surface area contributed by atoms with Crippen LogP contribution in [0.4, 0.5) is 0 Å². The van der Waals surface area contributed by atoms with Gasteiger partial charge in [0, 0.05) is 11.8 Å². The highest BCUT2D eigenvalue weighted by Gasteiger charge is 2.36. The Morgan fingerprint density at radius 1 is 1.15 bits per heavy atom. The Balaban J connectivity index is 2.74. The van der Waals surface area contributed by atoms with Crippen molar-refractivity contribution in [2.24, 2.45) is 0 Å². The van der Waals surface area contributed by atoms with E-state index in [4.69, 9.17) is 23.4 Å². The van der Waals surface area contributed by atoms with Crippen molar-refractivity contribution in [2.45, 2.75) is 0 Å². The Bertz CT molecular complexity index is 417. The van der Waals surface area contributed by atoms with Crippen molar-refractivity contribution in [2.75, 3.05) is 0 Å². The van der Waals surface area contributed by atoms with Crippen molar-refractivity contribution < 1.29 is 9.59 Å². The first-order valence-electron chi connectivity index (χ1n) is 3.46. The first-order valence-corrected chi connectivity index (χ1v) is 4.17. The summed E-state index contributed by atoms with van der Waals surface area (Å²) in [5.41, 5.74) is 0.441. The standard InChI is InChI=1S/C8H3Cl2NO2/c9-5-3-1-2-4-6(5)8(13)11(10)7(4)12/h1-3H. The number of halogens is 2. The molecule has 0 unspecified atom stereocenters. The first kappa shape index (κ1) is 8.53. The molecule has 0 atom stereocenters. The molecule has 3 nitrogen and oxygen atoms in total. The zero-order valence-electron chi connectivity index (χ0n) is 6.25. The molecule has 0 aliphatic carbocycles. The third kappa shape index (κ3) is 1.04. The van der Waals surface area contributed by atoms with Crippen molar-refractivity contribution in [3.63, 3.8) is 0 Å². The number of fused-ring (bicyclic) bond motifs is 1. The van der Waals surface area contributed by atoms with Gasteiger partial charge in [-0.1, -0.05) is 17.7 Å². The predicted molar refractivity (Wildman–Crippen MR) is 47.8 cm³/mol. The maximum absolute atomic E-state index is 11.3. The third-order valence-corrected chi connectivity index (χ3v) is 2.44. The zero-order chi connectivity index (χ0) is 9.59. The highest BCUT2D eigenvalue weighted by Crippen LogP contribution is 2.29. The SMILES string of the molecule is O=C1c2cccc(Cl)c2C(=O)N1Cl. The molecule has 2 amide bonds. The maximum Gasteiger partial charge on any atom is 0.277 e. The number of benzene rings is 1. The van der Waals surface area contributed by atoms with E-state index in [-0.39, 0.29) is 16.1 Å². The van der Waals surface area contributed by atoms with Gasteiger partial charge in [-0.25, -0.2) is 0 Å². The molecule has 1 aliphatic rings. The second-order valence-electron chi connectivity index (χ2n) is 2.55. The highest BCUT2D eigenvalue weighted by molar-refractivity contribution is 6.43. The van der Waals surface area contributed by atoms with Gasteiger partial charge in [-0.15, -0.1) is 0 Å². The van der Waals surface area contributed by atoms with Crippen LogP contribution in [0.3, 0.4) is 0 Å². The lowest BCUT2D eigenvalue weighted by Gasteiger charge is -1.98. The average molecular weight is 216 g/mol. The average Bonchev–Trinajstić information content (AvgIpc) is 2.33. The van der Waals surface area contributed by atoms with Crippen molar-refractivity contribution in [3.8, 4) is 0 Å². The van der Waals surface area contributed by atoms with Gasteiger partial charge in [-0.3, -0.25) is 9.59 Å². The van der Waals surface area contributed by atoms with Crippen LogP contribution in [-0.2, 0) is 0 Å². The van der Waals surface area contributed by atoms with Crippen LogP contribution in [0.5, 0.6) is 0 Å². The summed E-state index contributed by atoms with van der Waals surface area (Å²) in [6, 6.07) is 4.66. The fourth-order valence-corrected chi connectivity index (χ4v) is 1.65. The molecule has 0 radical (unpaired) electrons. The van der Waals surface area contributed by atoms with E-state index in [1.54, 1.807) is 12.1 Å². The molecule has 0 saturated heterocycles. The molecular formula is C8H3Cl2NO2. The topological polar surface area (TPSA) is 37.4 Å². The number of rotatable bonds is 0. The second kappa shape index (κ2) is 2.72. The Hall–Kier alpha value is -1.06. The minimum Gasteiger partial charge on any atom is -0.267 e. The van der Waals surface area contributed by atoms with Gasteiger partial charge in [0.15, 0.2) is 0 Å². The largest absolute Gasteiger partial charge is 0.277 e. The zero-order valence-corrected chi connectivity index (χ0v) is 7.76. The fourth-order valence-electron chi connectivity index (χ4n) is 1.22. The molecule has 0 saturated carbocycles. The summed E-state index contributed by atoms with van der Waals surface area (Å²) in [7, 11) is 0. The lowest BCUT2D eigenvalue weighted by atomic mass is 10.1. The number of imide groups is 1. The Morgan fingerprint density at radius 3 is 2.46 bits per heavy atom. The monoisotopic (exact) mass is 215 g/mol. The van der Waals surface area contributed by atoms with Crippen molar-refractivity contribution in [1.29, 1.82) is 0 Å². The number of hydrogen-bond donors (Lipinski definition) is 0. The quantitative estimate of drug-likeness (QED) is 0.491. The number of amides is 2. The van der Waals surface area contributed by atoms with Crippen LogP contribution in [0.2, 0.25) is 5.02 Å². The summed E-state index contributed by atoms with van der Waals surface area (Å²) in [5.74, 6) is -1.09. The Kier molecular flexibility index (Phi) is 1.78.